The van der Waals surface area contributed by atoms with Gasteiger partial charge < -0.3 is 21.4 Å². The fraction of sp³-hybridized carbons (Fsp3) is 0.222. The molecule has 0 unspecified atom stereocenters. The van der Waals surface area contributed by atoms with Crippen molar-refractivity contribution in [3.63, 3.8) is 0 Å². The topological polar surface area (TPSA) is 102 Å². The van der Waals surface area contributed by atoms with Crippen LogP contribution in [0.25, 0.3) is 0 Å². The third-order valence-corrected chi connectivity index (χ3v) is 3.88. The highest BCUT2D eigenvalue weighted by molar-refractivity contribution is 6.33. The lowest BCUT2D eigenvalue weighted by Crippen LogP contribution is -2.19. The van der Waals surface area contributed by atoms with Crippen LogP contribution < -0.4 is 16.0 Å². The van der Waals surface area contributed by atoms with Crippen LogP contribution in [0.4, 0.5) is 21.6 Å². The van der Waals surface area contributed by atoms with Gasteiger partial charge in [-0.1, -0.05) is 17.7 Å². The minimum atomic E-state index is -0.589. The first-order valence-corrected chi connectivity index (χ1v) is 8.43. The summed E-state index contributed by atoms with van der Waals surface area (Å²) in [5.41, 5.74) is 0.967. The molecular formula is C18H20ClFN6O. The largest absolute Gasteiger partial charge is 0.355 e. The average Bonchev–Trinajstić information content (AvgIpc) is 2.64. The zero-order valence-electron chi connectivity index (χ0n) is 15.2. The molecule has 0 fully saturated rings. The number of nitrogens with zero attached hydrogens (tertiary/aromatic N) is 2. The van der Waals surface area contributed by atoms with Crippen molar-refractivity contribution in [3.8, 4) is 0 Å². The van der Waals surface area contributed by atoms with E-state index in [2.05, 4.69) is 25.9 Å². The molecule has 1 aromatic carbocycles. The van der Waals surface area contributed by atoms with Crippen LogP contribution in [0.2, 0.25) is 5.02 Å². The van der Waals surface area contributed by atoms with E-state index < -0.39 is 11.7 Å². The highest BCUT2D eigenvalue weighted by Gasteiger charge is 2.16. The molecule has 0 radical (unpaired) electrons. The summed E-state index contributed by atoms with van der Waals surface area (Å²) in [5.74, 6) is -0.0436. The molecule has 0 saturated carbocycles. The summed E-state index contributed by atoms with van der Waals surface area (Å²) in [4.78, 5) is 20.2. The number of carbonyl (C=O) groups excluding carboxylic acids is 1. The normalized spacial score (nSPS) is 11.1. The lowest BCUT2D eigenvalue weighted by molar-refractivity contribution is 0.0963. The van der Waals surface area contributed by atoms with Gasteiger partial charge >= 0.3 is 0 Å². The molecule has 2 aromatic rings. The summed E-state index contributed by atoms with van der Waals surface area (Å²) < 4.78 is 14.3. The predicted molar refractivity (Wildman–Crippen MR) is 107 cm³/mol. The summed E-state index contributed by atoms with van der Waals surface area (Å²) in [6.45, 7) is 1.67. The number of amidine groups is 1. The predicted octanol–water partition coefficient (Wildman–Crippen LogP) is 3.85. The maximum Gasteiger partial charge on any atom is 0.253 e. The van der Waals surface area contributed by atoms with E-state index >= 15 is 0 Å². The van der Waals surface area contributed by atoms with Crippen LogP contribution >= 0.6 is 11.6 Å². The Morgan fingerprint density at radius 2 is 2.15 bits per heavy atom. The lowest BCUT2D eigenvalue weighted by Gasteiger charge is -2.15. The van der Waals surface area contributed by atoms with Crippen LogP contribution in [-0.4, -0.2) is 36.5 Å². The lowest BCUT2D eigenvalue weighted by atomic mass is 10.1. The molecular weight excluding hydrogens is 371 g/mol. The minimum Gasteiger partial charge on any atom is -0.355 e. The maximum absolute atomic E-state index is 14.3. The number of halogens is 2. The second-order valence-electron chi connectivity index (χ2n) is 5.67. The van der Waals surface area contributed by atoms with Crippen molar-refractivity contribution in [2.45, 2.75) is 13.3 Å². The van der Waals surface area contributed by atoms with Gasteiger partial charge in [-0.05, 0) is 19.1 Å². The van der Waals surface area contributed by atoms with Gasteiger partial charge in [-0.25, -0.2) is 9.37 Å². The molecule has 4 N–H and O–H groups in total. The summed E-state index contributed by atoms with van der Waals surface area (Å²) >= 11 is 6.18. The van der Waals surface area contributed by atoms with E-state index in [1.165, 1.54) is 31.4 Å². The van der Waals surface area contributed by atoms with E-state index in [9.17, 15) is 9.18 Å². The molecule has 0 spiro atoms. The molecule has 0 aliphatic heterocycles. The first-order valence-electron chi connectivity index (χ1n) is 8.05. The van der Waals surface area contributed by atoms with Crippen LogP contribution in [0.1, 0.15) is 23.7 Å². The van der Waals surface area contributed by atoms with Crippen molar-refractivity contribution in [2.75, 3.05) is 24.7 Å². The van der Waals surface area contributed by atoms with E-state index in [4.69, 9.17) is 17.0 Å². The Morgan fingerprint density at radius 1 is 1.41 bits per heavy atom. The highest BCUT2D eigenvalue weighted by atomic mass is 35.5. The van der Waals surface area contributed by atoms with Gasteiger partial charge in [0.25, 0.3) is 5.91 Å². The molecule has 1 heterocycles. The fourth-order valence-electron chi connectivity index (χ4n) is 2.29. The number of hydrogen-bond acceptors (Lipinski definition) is 5. The molecule has 7 nitrogen and oxygen atoms in total. The Kier molecular flexibility index (Phi) is 6.84. The van der Waals surface area contributed by atoms with Crippen molar-refractivity contribution < 1.29 is 9.18 Å². The molecule has 0 atom stereocenters. The van der Waals surface area contributed by atoms with Crippen molar-refractivity contribution in [3.05, 3.63) is 46.9 Å². The Morgan fingerprint density at radius 3 is 2.78 bits per heavy atom. The van der Waals surface area contributed by atoms with Crippen molar-refractivity contribution >= 4 is 46.2 Å². The maximum atomic E-state index is 14.3. The summed E-state index contributed by atoms with van der Waals surface area (Å²) in [6.07, 6.45) is 1.74. The van der Waals surface area contributed by atoms with Crippen LogP contribution in [0.15, 0.2) is 35.5 Å². The molecule has 1 amide bonds. The molecule has 9 heteroatoms. The Balaban J connectivity index is 2.36. The number of nitrogens with one attached hydrogen (secondary N) is 4. The molecule has 0 saturated heterocycles. The van der Waals surface area contributed by atoms with Crippen LogP contribution in [0.5, 0.6) is 0 Å². The van der Waals surface area contributed by atoms with Gasteiger partial charge in [0.1, 0.15) is 17.5 Å². The zero-order valence-corrected chi connectivity index (χ0v) is 15.9. The number of benzene rings is 1. The van der Waals surface area contributed by atoms with Crippen molar-refractivity contribution in [1.82, 2.24) is 10.3 Å². The van der Waals surface area contributed by atoms with Gasteiger partial charge in [0.15, 0.2) is 0 Å². The van der Waals surface area contributed by atoms with Crippen LogP contribution in [0, 0.1) is 11.2 Å². The van der Waals surface area contributed by atoms with E-state index in [1.54, 1.807) is 20.0 Å². The Hall–Kier alpha value is -3.00. The summed E-state index contributed by atoms with van der Waals surface area (Å²) in [6, 6.07) is 5.79. The van der Waals surface area contributed by atoms with E-state index in [-0.39, 0.29) is 16.3 Å². The Labute approximate surface area is 161 Å². The SMILES string of the molecule is CN=C(CC(C)=N)Nc1cc(Nc2c(F)cccc2C(=O)NC)c(Cl)cn1. The van der Waals surface area contributed by atoms with E-state index in [0.717, 1.165) is 0 Å². The van der Waals surface area contributed by atoms with Gasteiger partial charge in [-0.3, -0.25) is 9.79 Å². The van der Waals surface area contributed by atoms with E-state index in [1.807, 2.05) is 0 Å². The second kappa shape index (κ2) is 9.09. The standard InChI is InChI=1S/C18H20ClFN6O/c1-10(21)7-15(22-2)26-16-8-14(12(19)9-24-16)25-17-11(18(27)23-3)5-4-6-13(17)20/h4-6,8-9,21H,7H2,1-3H3,(H,23,27)(H2,22,24,25,26). The summed E-state index contributed by atoms with van der Waals surface area (Å²) in [7, 11) is 3.07. The number of aromatic nitrogens is 1. The first kappa shape index (κ1) is 20.3. The molecule has 0 aliphatic carbocycles. The van der Waals surface area contributed by atoms with E-state index in [0.29, 0.717) is 29.5 Å². The number of rotatable bonds is 6. The smallest absolute Gasteiger partial charge is 0.253 e. The Bertz CT molecular complexity index is 899. The zero-order chi connectivity index (χ0) is 20.0. The monoisotopic (exact) mass is 390 g/mol. The molecule has 142 valence electrons. The van der Waals surface area contributed by atoms with Gasteiger partial charge in [0, 0.05) is 32.3 Å². The fourth-order valence-corrected chi connectivity index (χ4v) is 2.44. The number of pyridine rings is 1. The van der Waals surface area contributed by atoms with Gasteiger partial charge in [-0.2, -0.15) is 0 Å². The first-order chi connectivity index (χ1) is 12.8. The van der Waals surface area contributed by atoms with Gasteiger partial charge in [0.2, 0.25) is 0 Å². The summed E-state index contributed by atoms with van der Waals surface area (Å²) in [5, 5.41) is 16.2. The molecule has 0 bridgehead atoms. The molecule has 1 aromatic heterocycles. The molecule has 27 heavy (non-hydrogen) atoms. The number of amides is 1. The average molecular weight is 391 g/mol. The van der Waals surface area contributed by atoms with Crippen LogP contribution in [0.3, 0.4) is 0 Å². The third kappa shape index (κ3) is 5.24. The number of hydrogen-bond donors (Lipinski definition) is 4. The van der Waals surface area contributed by atoms with Gasteiger partial charge in [-0.15, -0.1) is 0 Å². The molecule has 2 rings (SSSR count). The third-order valence-electron chi connectivity index (χ3n) is 3.58. The van der Waals surface area contributed by atoms with Gasteiger partial charge in [0.05, 0.1) is 28.2 Å². The molecule has 0 aliphatic rings. The second-order valence-corrected chi connectivity index (χ2v) is 6.08. The van der Waals surface area contributed by atoms with Crippen molar-refractivity contribution in [2.24, 2.45) is 4.99 Å². The number of anilines is 3. The van der Waals surface area contributed by atoms with Crippen molar-refractivity contribution in [1.29, 1.82) is 5.41 Å². The van der Waals surface area contributed by atoms with Crippen LogP contribution in [-0.2, 0) is 0 Å². The highest BCUT2D eigenvalue weighted by Crippen LogP contribution is 2.30. The number of aliphatic imine (C=N–C) groups is 1. The number of carbonyl (C=O) groups is 1. The minimum absolute atomic E-state index is 0.00983. The number of para-hydroxylation sites is 1. The quantitative estimate of drug-likeness (QED) is 0.444.